The lowest BCUT2D eigenvalue weighted by atomic mass is 10.5. The van der Waals surface area contributed by atoms with Crippen molar-refractivity contribution >= 4 is 13.5 Å². The number of aromatic nitrogens is 1. The van der Waals surface area contributed by atoms with E-state index in [1.54, 1.807) is 12.3 Å². The molecule has 10 heavy (non-hydrogen) atoms. The van der Waals surface area contributed by atoms with Gasteiger partial charge in [0, 0.05) is 6.20 Å². The van der Waals surface area contributed by atoms with Gasteiger partial charge in [0.1, 0.15) is 5.82 Å². The fraction of sp³-hybridized carbons (Fsp3) is 0. The minimum Gasteiger partial charge on any atom is -0.429 e. The number of anilines is 1. The van der Waals surface area contributed by atoms with Gasteiger partial charge in [-0.05, 0) is 12.1 Å². The van der Waals surface area contributed by atoms with Crippen LogP contribution in [0.3, 0.4) is 0 Å². The van der Waals surface area contributed by atoms with Crippen LogP contribution in [0.15, 0.2) is 24.4 Å². The van der Waals surface area contributed by atoms with Crippen molar-refractivity contribution < 1.29 is 10.0 Å². The Hall–Kier alpha value is -1.07. The van der Waals surface area contributed by atoms with Crippen LogP contribution in [-0.2, 0) is 0 Å². The molecule has 0 atom stereocenters. The third-order valence-electron chi connectivity index (χ3n) is 0.688. The zero-order chi connectivity index (χ0) is 7.82. The second kappa shape index (κ2) is 6.06. The highest BCUT2D eigenvalue weighted by Gasteiger charge is 1.73. The standard InChI is InChI=1S/C5H6N2.BH2O2/c6-5-3-1-2-4-7-5;2-1-3/h1-4H,(H2,6,7);2-3H. The molecule has 0 aliphatic rings. The average molecular weight is 139 g/mol. The van der Waals surface area contributed by atoms with Crippen molar-refractivity contribution in [2.24, 2.45) is 0 Å². The van der Waals surface area contributed by atoms with Gasteiger partial charge >= 0.3 is 7.69 Å². The van der Waals surface area contributed by atoms with E-state index in [9.17, 15) is 0 Å². The molecular formula is C5H8BN2O2. The number of hydrogen-bond donors (Lipinski definition) is 3. The lowest BCUT2D eigenvalue weighted by molar-refractivity contribution is 0.448. The van der Waals surface area contributed by atoms with Gasteiger partial charge in [0.05, 0.1) is 0 Å². The fourth-order valence-electron chi connectivity index (χ4n) is 0.376. The average Bonchev–Trinajstić information content (AvgIpc) is 1.91. The summed E-state index contributed by atoms with van der Waals surface area (Å²) in [5.41, 5.74) is 5.25. The molecule has 4 nitrogen and oxygen atoms in total. The largest absolute Gasteiger partial charge is 0.482 e. The molecule has 0 unspecified atom stereocenters. The first kappa shape index (κ1) is 8.93. The molecule has 0 saturated heterocycles. The van der Waals surface area contributed by atoms with E-state index >= 15 is 0 Å². The molecule has 0 fully saturated rings. The van der Waals surface area contributed by atoms with Crippen molar-refractivity contribution in [1.29, 1.82) is 0 Å². The SMILES string of the molecule is Nc1ccccn1.O[B]O. The van der Waals surface area contributed by atoms with E-state index in [0.29, 0.717) is 5.82 Å². The predicted octanol–water partition coefficient (Wildman–Crippen LogP) is -0.831. The van der Waals surface area contributed by atoms with Crippen molar-refractivity contribution in [3.05, 3.63) is 24.4 Å². The molecular weight excluding hydrogens is 131 g/mol. The molecule has 0 bridgehead atoms. The molecule has 0 aromatic carbocycles. The molecule has 4 N–H and O–H groups in total. The molecule has 0 saturated carbocycles. The van der Waals surface area contributed by atoms with Gasteiger partial charge in [0.25, 0.3) is 0 Å². The minimum absolute atomic E-state index is 0. The van der Waals surface area contributed by atoms with Gasteiger partial charge in [0.2, 0.25) is 0 Å². The molecule has 0 aliphatic heterocycles. The van der Waals surface area contributed by atoms with Gasteiger partial charge in [-0.25, -0.2) is 4.98 Å². The highest BCUT2D eigenvalue weighted by Crippen LogP contribution is 1.89. The fourth-order valence-corrected chi connectivity index (χ4v) is 0.376. The summed E-state index contributed by atoms with van der Waals surface area (Å²) >= 11 is 0. The first-order valence-corrected chi connectivity index (χ1v) is 2.58. The van der Waals surface area contributed by atoms with Crippen molar-refractivity contribution in [3.63, 3.8) is 0 Å². The summed E-state index contributed by atoms with van der Waals surface area (Å²) < 4.78 is 0. The topological polar surface area (TPSA) is 79.4 Å². The van der Waals surface area contributed by atoms with Crippen molar-refractivity contribution in [2.75, 3.05) is 5.73 Å². The monoisotopic (exact) mass is 139 g/mol. The number of pyridine rings is 1. The Morgan fingerprint density at radius 3 is 2.20 bits per heavy atom. The van der Waals surface area contributed by atoms with Gasteiger partial charge in [0.15, 0.2) is 0 Å². The molecule has 1 heterocycles. The molecule has 1 aromatic heterocycles. The maximum absolute atomic E-state index is 7.00. The van der Waals surface area contributed by atoms with E-state index in [2.05, 4.69) is 4.98 Å². The summed E-state index contributed by atoms with van der Waals surface area (Å²) in [4.78, 5) is 3.76. The van der Waals surface area contributed by atoms with Crippen LogP contribution in [0.4, 0.5) is 5.82 Å². The summed E-state index contributed by atoms with van der Waals surface area (Å²) in [5, 5.41) is 14.0. The van der Waals surface area contributed by atoms with Gasteiger partial charge in [-0.2, -0.15) is 0 Å². The molecule has 5 heteroatoms. The molecule has 53 valence electrons. The zero-order valence-electron chi connectivity index (χ0n) is 5.31. The van der Waals surface area contributed by atoms with Crippen LogP contribution in [0.5, 0.6) is 0 Å². The zero-order valence-corrected chi connectivity index (χ0v) is 5.31. The molecule has 1 aromatic rings. The molecule has 0 spiro atoms. The van der Waals surface area contributed by atoms with Crippen LogP contribution in [0.2, 0.25) is 0 Å². The van der Waals surface area contributed by atoms with E-state index < -0.39 is 0 Å². The summed E-state index contributed by atoms with van der Waals surface area (Å²) in [6.07, 6.45) is 1.66. The van der Waals surface area contributed by atoms with Gasteiger partial charge < -0.3 is 15.8 Å². The van der Waals surface area contributed by atoms with E-state index in [0.717, 1.165) is 0 Å². The van der Waals surface area contributed by atoms with Crippen molar-refractivity contribution in [2.45, 2.75) is 0 Å². The van der Waals surface area contributed by atoms with Crippen LogP contribution >= 0.6 is 0 Å². The van der Waals surface area contributed by atoms with Gasteiger partial charge in [-0.1, -0.05) is 6.07 Å². The van der Waals surface area contributed by atoms with Crippen LogP contribution in [-0.4, -0.2) is 22.7 Å². The minimum atomic E-state index is 0. The first-order chi connectivity index (χ1) is 4.81. The lowest BCUT2D eigenvalue weighted by Gasteiger charge is -1.82. The Morgan fingerprint density at radius 1 is 1.40 bits per heavy atom. The third-order valence-corrected chi connectivity index (χ3v) is 0.688. The second-order valence-corrected chi connectivity index (χ2v) is 1.37. The van der Waals surface area contributed by atoms with Crippen molar-refractivity contribution in [1.82, 2.24) is 4.98 Å². The highest BCUT2D eigenvalue weighted by molar-refractivity contribution is 6.13. The number of rotatable bonds is 0. The first-order valence-electron chi connectivity index (χ1n) is 2.58. The van der Waals surface area contributed by atoms with Crippen LogP contribution in [0.1, 0.15) is 0 Å². The summed E-state index contributed by atoms with van der Waals surface area (Å²) in [7, 11) is 0. The predicted molar refractivity (Wildman–Crippen MR) is 38.8 cm³/mol. The summed E-state index contributed by atoms with van der Waals surface area (Å²) in [6.45, 7) is 0. The number of nitrogen functional groups attached to an aromatic ring is 1. The van der Waals surface area contributed by atoms with Crippen LogP contribution in [0.25, 0.3) is 0 Å². The summed E-state index contributed by atoms with van der Waals surface area (Å²) in [6, 6.07) is 5.43. The second-order valence-electron chi connectivity index (χ2n) is 1.37. The highest BCUT2D eigenvalue weighted by atomic mass is 16.4. The quantitative estimate of drug-likeness (QED) is 0.409. The van der Waals surface area contributed by atoms with Crippen LogP contribution < -0.4 is 5.73 Å². The van der Waals surface area contributed by atoms with E-state index in [1.807, 2.05) is 12.1 Å². The van der Waals surface area contributed by atoms with Crippen molar-refractivity contribution in [3.8, 4) is 0 Å². The van der Waals surface area contributed by atoms with E-state index in [1.165, 1.54) is 0 Å². The molecule has 0 aliphatic carbocycles. The number of nitrogens with two attached hydrogens (primary N) is 1. The van der Waals surface area contributed by atoms with Gasteiger partial charge in [-0.3, -0.25) is 0 Å². The maximum Gasteiger partial charge on any atom is 0.482 e. The van der Waals surface area contributed by atoms with Gasteiger partial charge in [-0.15, -0.1) is 0 Å². The Labute approximate surface area is 59.6 Å². The number of nitrogens with zero attached hydrogens (tertiary/aromatic N) is 1. The Morgan fingerprint density at radius 2 is 2.00 bits per heavy atom. The normalized spacial score (nSPS) is 7.40. The smallest absolute Gasteiger partial charge is 0.429 e. The third kappa shape index (κ3) is 5.08. The molecule has 1 rings (SSSR count). The maximum atomic E-state index is 7.00. The van der Waals surface area contributed by atoms with Crippen LogP contribution in [0, 0.1) is 0 Å². The van der Waals surface area contributed by atoms with E-state index in [4.69, 9.17) is 15.8 Å². The Kier molecular flexibility index (Phi) is 5.42. The Bertz CT molecular complexity index is 159. The molecule has 0 amide bonds. The summed E-state index contributed by atoms with van der Waals surface area (Å²) in [5.74, 6) is 0.572. The number of hydrogen-bond acceptors (Lipinski definition) is 4. The Balaban J connectivity index is 0.000000236. The lowest BCUT2D eigenvalue weighted by Crippen LogP contribution is -1.85. The molecule has 1 radical (unpaired) electrons. The van der Waals surface area contributed by atoms with E-state index in [-0.39, 0.29) is 7.69 Å².